The van der Waals surface area contributed by atoms with Crippen LogP contribution in [0.15, 0.2) is 18.2 Å². The molecule has 0 aliphatic heterocycles. The average Bonchev–Trinajstić information content (AvgIpc) is 2.98. The Morgan fingerprint density at radius 3 is 2.71 bits per heavy atom. The molecule has 0 radical (unpaired) electrons. The Morgan fingerprint density at radius 2 is 2.08 bits per heavy atom. The van der Waals surface area contributed by atoms with Crippen molar-refractivity contribution in [2.45, 2.75) is 45.4 Å². The van der Waals surface area contributed by atoms with Crippen molar-refractivity contribution >= 4 is 16.6 Å². The fraction of sp³-hybridized carbons (Fsp3) is 0.500. The molecule has 0 saturated heterocycles. The molecule has 0 amide bonds. The van der Waals surface area contributed by atoms with Gasteiger partial charge in [0.05, 0.1) is 16.0 Å². The summed E-state index contributed by atoms with van der Waals surface area (Å²) >= 11 is 0. The van der Waals surface area contributed by atoms with E-state index >= 15 is 0 Å². The molecule has 0 fully saturated rings. The zero-order chi connectivity index (χ0) is 17.7. The lowest BCUT2D eigenvalue weighted by atomic mass is 9.86. The van der Waals surface area contributed by atoms with E-state index in [1.54, 1.807) is 0 Å². The number of hydrogen-bond acceptors (Lipinski definition) is 4. The molecule has 0 unspecified atom stereocenters. The Hall–Kier alpha value is -2.39. The minimum Gasteiger partial charge on any atom is -0.381 e. The summed E-state index contributed by atoms with van der Waals surface area (Å²) in [6.07, 6.45) is 3.00. The molecule has 0 aliphatic rings. The van der Waals surface area contributed by atoms with Gasteiger partial charge in [-0.25, -0.2) is 0 Å². The number of nitro groups is 1. The molecule has 0 atom stereocenters. The number of rotatable bonds is 8. The maximum absolute atomic E-state index is 11.0. The molecule has 1 N–H and O–H groups in total. The van der Waals surface area contributed by atoms with Gasteiger partial charge in [-0.05, 0) is 18.9 Å². The average molecular weight is 329 g/mol. The van der Waals surface area contributed by atoms with E-state index in [-0.39, 0.29) is 11.1 Å². The van der Waals surface area contributed by atoms with E-state index in [4.69, 9.17) is 4.74 Å². The van der Waals surface area contributed by atoms with Gasteiger partial charge >= 0.3 is 0 Å². The van der Waals surface area contributed by atoms with Crippen LogP contribution in [-0.4, -0.2) is 23.1 Å². The van der Waals surface area contributed by atoms with Crippen LogP contribution in [0.2, 0.25) is 0 Å². The van der Waals surface area contributed by atoms with Crippen LogP contribution in [0, 0.1) is 21.4 Å². The lowest BCUT2D eigenvalue weighted by Crippen LogP contribution is -2.20. The third-order valence-electron chi connectivity index (χ3n) is 4.29. The molecule has 2 aromatic rings. The van der Waals surface area contributed by atoms with Crippen molar-refractivity contribution in [3.05, 3.63) is 39.6 Å². The van der Waals surface area contributed by atoms with Crippen molar-refractivity contribution < 1.29 is 9.66 Å². The van der Waals surface area contributed by atoms with Crippen molar-refractivity contribution in [3.8, 4) is 6.07 Å². The number of non-ortho nitro benzene ring substituents is 1. The van der Waals surface area contributed by atoms with Crippen molar-refractivity contribution in [1.29, 1.82) is 5.26 Å². The maximum Gasteiger partial charge on any atom is 0.271 e. The number of aromatic amines is 1. The summed E-state index contributed by atoms with van der Waals surface area (Å²) in [7, 11) is 0. The molecule has 0 spiro atoms. The first-order valence-corrected chi connectivity index (χ1v) is 8.18. The van der Waals surface area contributed by atoms with Crippen LogP contribution >= 0.6 is 0 Å². The van der Waals surface area contributed by atoms with Crippen molar-refractivity contribution in [1.82, 2.24) is 4.98 Å². The number of aromatic nitrogens is 1. The third-order valence-corrected chi connectivity index (χ3v) is 4.29. The van der Waals surface area contributed by atoms with E-state index in [0.29, 0.717) is 23.1 Å². The molecule has 6 nitrogen and oxygen atoms in total. The number of nitrogens with one attached hydrogen (secondary N) is 1. The molecule has 24 heavy (non-hydrogen) atoms. The lowest BCUT2D eigenvalue weighted by molar-refractivity contribution is -0.384. The van der Waals surface area contributed by atoms with Crippen LogP contribution < -0.4 is 0 Å². The summed E-state index contributed by atoms with van der Waals surface area (Å²) in [5.41, 5.74) is 1.66. The highest BCUT2D eigenvalue weighted by Gasteiger charge is 2.24. The first kappa shape index (κ1) is 18.0. The van der Waals surface area contributed by atoms with Gasteiger partial charge in [0.25, 0.3) is 5.69 Å². The smallest absolute Gasteiger partial charge is 0.271 e. The van der Waals surface area contributed by atoms with E-state index in [9.17, 15) is 15.4 Å². The Balaban J connectivity index is 2.26. The number of unbranched alkanes of at least 4 members (excludes halogenated alkanes) is 1. The Kier molecular flexibility index (Phi) is 5.58. The lowest BCUT2D eigenvalue weighted by Gasteiger charge is -2.23. The molecular formula is C18H23N3O3. The highest BCUT2D eigenvalue weighted by atomic mass is 16.6. The van der Waals surface area contributed by atoms with E-state index < -0.39 is 4.92 Å². The first-order valence-electron chi connectivity index (χ1n) is 8.18. The number of nitriles is 1. The van der Waals surface area contributed by atoms with E-state index in [1.807, 2.05) is 12.1 Å². The number of benzene rings is 1. The molecule has 1 heterocycles. The van der Waals surface area contributed by atoms with Crippen LogP contribution in [0.25, 0.3) is 10.9 Å². The predicted octanol–water partition coefficient (Wildman–Crippen LogP) is 4.43. The van der Waals surface area contributed by atoms with Gasteiger partial charge < -0.3 is 9.72 Å². The highest BCUT2D eigenvalue weighted by Crippen LogP contribution is 2.32. The molecule has 2 rings (SSSR count). The molecule has 1 aromatic heterocycles. The molecule has 6 heteroatoms. The fourth-order valence-electron chi connectivity index (χ4n) is 2.60. The van der Waals surface area contributed by atoms with E-state index in [2.05, 4.69) is 25.8 Å². The predicted molar refractivity (Wildman–Crippen MR) is 93.0 cm³/mol. The van der Waals surface area contributed by atoms with Gasteiger partial charge in [0.1, 0.15) is 6.07 Å². The first-order chi connectivity index (χ1) is 11.4. The van der Waals surface area contributed by atoms with Gasteiger partial charge in [-0.1, -0.05) is 27.2 Å². The number of nitrogens with zero attached hydrogens (tertiary/aromatic N) is 2. The zero-order valence-corrected chi connectivity index (χ0v) is 14.4. The van der Waals surface area contributed by atoms with Crippen molar-refractivity contribution in [2.75, 3.05) is 13.2 Å². The normalized spacial score (nSPS) is 11.6. The standard InChI is InChI=1S/C18H23N3O3/c1-4-5-7-24-8-6-18(2,3)16-11-13-9-15(21(22)23)10-14(12-19)17(13)20-16/h9-11,20H,4-8H2,1-3H3. The number of nitro benzene ring substituents is 1. The molecule has 0 bridgehead atoms. The molecule has 0 aliphatic carbocycles. The zero-order valence-electron chi connectivity index (χ0n) is 14.4. The fourth-order valence-corrected chi connectivity index (χ4v) is 2.60. The van der Waals surface area contributed by atoms with Crippen LogP contribution in [0.5, 0.6) is 0 Å². The Bertz CT molecular complexity index is 772. The number of fused-ring (bicyclic) bond motifs is 1. The minimum absolute atomic E-state index is 0.0645. The third kappa shape index (κ3) is 3.92. The molecular weight excluding hydrogens is 306 g/mol. The van der Waals surface area contributed by atoms with Crippen LogP contribution in [-0.2, 0) is 10.2 Å². The number of hydrogen-bond donors (Lipinski definition) is 1. The maximum atomic E-state index is 11.0. The van der Waals surface area contributed by atoms with Gasteiger partial charge in [-0.3, -0.25) is 10.1 Å². The summed E-state index contributed by atoms with van der Waals surface area (Å²) in [6.45, 7) is 7.75. The number of ether oxygens (including phenoxy) is 1. The Labute approximate surface area is 141 Å². The quantitative estimate of drug-likeness (QED) is 0.440. The Morgan fingerprint density at radius 1 is 1.33 bits per heavy atom. The van der Waals surface area contributed by atoms with Crippen molar-refractivity contribution in [2.24, 2.45) is 0 Å². The van der Waals surface area contributed by atoms with Crippen molar-refractivity contribution in [3.63, 3.8) is 0 Å². The summed E-state index contributed by atoms with van der Waals surface area (Å²) in [4.78, 5) is 13.8. The van der Waals surface area contributed by atoms with Gasteiger partial charge in [0.2, 0.25) is 0 Å². The topological polar surface area (TPSA) is 91.9 Å². The van der Waals surface area contributed by atoms with Gasteiger partial charge in [-0.2, -0.15) is 5.26 Å². The second-order valence-electron chi connectivity index (χ2n) is 6.61. The van der Waals surface area contributed by atoms with Gasteiger partial charge in [-0.15, -0.1) is 0 Å². The summed E-state index contributed by atoms with van der Waals surface area (Å²) in [5, 5.41) is 21.0. The molecule has 0 saturated carbocycles. The monoisotopic (exact) mass is 329 g/mol. The SMILES string of the molecule is CCCCOCCC(C)(C)c1cc2cc([N+](=O)[O-])cc(C#N)c2[nH]1. The van der Waals surface area contributed by atoms with Gasteiger partial charge in [0, 0.05) is 41.8 Å². The molecule has 128 valence electrons. The van der Waals surface area contributed by atoms with Crippen LogP contribution in [0.4, 0.5) is 5.69 Å². The number of H-pyrrole nitrogens is 1. The van der Waals surface area contributed by atoms with Crippen LogP contribution in [0.3, 0.4) is 0 Å². The second-order valence-corrected chi connectivity index (χ2v) is 6.61. The largest absolute Gasteiger partial charge is 0.381 e. The van der Waals surface area contributed by atoms with Gasteiger partial charge in [0.15, 0.2) is 0 Å². The summed E-state index contributed by atoms with van der Waals surface area (Å²) < 4.78 is 5.65. The van der Waals surface area contributed by atoms with E-state index in [0.717, 1.165) is 31.6 Å². The second kappa shape index (κ2) is 7.45. The summed E-state index contributed by atoms with van der Waals surface area (Å²) in [5.74, 6) is 0. The van der Waals surface area contributed by atoms with Crippen LogP contribution in [0.1, 0.15) is 51.3 Å². The van der Waals surface area contributed by atoms with E-state index in [1.165, 1.54) is 12.1 Å². The molecule has 1 aromatic carbocycles. The highest BCUT2D eigenvalue weighted by molar-refractivity contribution is 5.88. The summed E-state index contributed by atoms with van der Waals surface area (Å²) in [6, 6.07) is 6.75. The minimum atomic E-state index is -0.473.